The van der Waals surface area contributed by atoms with E-state index >= 15 is 0 Å². The molecule has 160 valence electrons. The zero-order valence-electron chi connectivity index (χ0n) is 17.8. The second-order valence-electron chi connectivity index (χ2n) is 7.54. The number of hydrogen-bond donors (Lipinski definition) is 2. The number of nitrogens with one attached hydrogen (secondary N) is 2. The first-order valence-electron chi connectivity index (χ1n) is 10.2. The summed E-state index contributed by atoms with van der Waals surface area (Å²) in [5.41, 5.74) is 3.45. The number of Topliss-reactive ketones (excluding diaryl/α,β-unsaturated/α-hetero) is 1. The number of ketones is 1. The van der Waals surface area contributed by atoms with Crippen LogP contribution >= 0.6 is 0 Å². The Labute approximate surface area is 181 Å². The molecule has 4 rings (SSSR count). The number of pyridine rings is 1. The average Bonchev–Trinajstić information content (AvgIpc) is 2.78. The van der Waals surface area contributed by atoms with Gasteiger partial charge in [-0.05, 0) is 38.0 Å². The lowest BCUT2D eigenvalue weighted by Crippen LogP contribution is -2.35. The Morgan fingerprint density at radius 3 is 2.71 bits per heavy atom. The molecule has 7 heteroatoms. The minimum Gasteiger partial charge on any atom is -0.497 e. The Kier molecular flexibility index (Phi) is 5.75. The van der Waals surface area contributed by atoms with Crippen LogP contribution in [0.15, 0.2) is 65.1 Å². The molecule has 0 saturated heterocycles. The number of carbonyl (C=O) groups is 2. The van der Waals surface area contributed by atoms with Gasteiger partial charge in [-0.2, -0.15) is 0 Å². The molecule has 1 amide bonds. The SMILES string of the molecule is COc1ccc([C@@H]2C(C(=O)Nc3ccccn3)=C(C)NC3=C2C(=O)CCC3)c(OC)c1. The number of carbonyl (C=O) groups excluding carboxylic acids is 2. The van der Waals surface area contributed by atoms with Crippen LogP contribution in [0.3, 0.4) is 0 Å². The highest BCUT2D eigenvalue weighted by atomic mass is 16.5. The molecule has 0 bridgehead atoms. The molecule has 2 N–H and O–H groups in total. The second-order valence-corrected chi connectivity index (χ2v) is 7.54. The van der Waals surface area contributed by atoms with Crippen molar-refractivity contribution in [3.63, 3.8) is 0 Å². The van der Waals surface area contributed by atoms with Gasteiger partial charge in [-0.25, -0.2) is 4.98 Å². The number of ether oxygens (including phenoxy) is 2. The normalized spacial score (nSPS) is 18.3. The highest BCUT2D eigenvalue weighted by Crippen LogP contribution is 2.45. The number of hydrogen-bond acceptors (Lipinski definition) is 6. The number of rotatable bonds is 5. The third kappa shape index (κ3) is 3.91. The quantitative estimate of drug-likeness (QED) is 0.768. The van der Waals surface area contributed by atoms with E-state index in [1.165, 1.54) is 0 Å². The predicted octanol–water partition coefficient (Wildman–Crippen LogP) is 3.71. The van der Waals surface area contributed by atoms with Gasteiger partial charge in [0.1, 0.15) is 17.3 Å². The Morgan fingerprint density at radius 2 is 2.00 bits per heavy atom. The van der Waals surface area contributed by atoms with Crippen molar-refractivity contribution in [1.82, 2.24) is 10.3 Å². The van der Waals surface area contributed by atoms with Crippen molar-refractivity contribution in [3.8, 4) is 11.5 Å². The predicted molar refractivity (Wildman–Crippen MR) is 117 cm³/mol. The van der Waals surface area contributed by atoms with Gasteiger partial charge in [0.15, 0.2) is 5.78 Å². The molecular weight excluding hydrogens is 394 g/mol. The number of nitrogens with zero attached hydrogens (tertiary/aromatic N) is 1. The maximum Gasteiger partial charge on any atom is 0.255 e. The second kappa shape index (κ2) is 8.63. The third-order valence-electron chi connectivity index (χ3n) is 5.68. The van der Waals surface area contributed by atoms with E-state index in [2.05, 4.69) is 15.6 Å². The number of allylic oxidation sites excluding steroid dienone is 3. The summed E-state index contributed by atoms with van der Waals surface area (Å²) in [6, 6.07) is 10.8. The van der Waals surface area contributed by atoms with Crippen LogP contribution in [0.2, 0.25) is 0 Å². The first kappa shape index (κ1) is 20.7. The van der Waals surface area contributed by atoms with Gasteiger partial charge in [0.2, 0.25) is 0 Å². The summed E-state index contributed by atoms with van der Waals surface area (Å²) >= 11 is 0. The number of aromatic nitrogens is 1. The topological polar surface area (TPSA) is 89.5 Å². The highest BCUT2D eigenvalue weighted by molar-refractivity contribution is 6.09. The molecule has 0 fully saturated rings. The lowest BCUT2D eigenvalue weighted by Gasteiger charge is -2.35. The Hall–Kier alpha value is -3.61. The highest BCUT2D eigenvalue weighted by Gasteiger charge is 2.39. The van der Waals surface area contributed by atoms with Gasteiger partial charge in [-0.3, -0.25) is 9.59 Å². The summed E-state index contributed by atoms with van der Waals surface area (Å²) < 4.78 is 11.0. The first-order chi connectivity index (χ1) is 15.0. The molecule has 2 heterocycles. The van der Waals surface area contributed by atoms with Gasteiger partial charge in [0.05, 0.1) is 20.1 Å². The van der Waals surface area contributed by atoms with E-state index in [0.717, 1.165) is 24.1 Å². The maximum absolute atomic E-state index is 13.4. The average molecular weight is 419 g/mol. The van der Waals surface area contributed by atoms with Crippen LogP contribution < -0.4 is 20.1 Å². The number of dihydropyridines is 1. The summed E-state index contributed by atoms with van der Waals surface area (Å²) in [5.74, 6) is 0.840. The van der Waals surface area contributed by atoms with Crippen LogP contribution in [-0.4, -0.2) is 30.9 Å². The first-order valence-corrected chi connectivity index (χ1v) is 10.2. The van der Waals surface area contributed by atoms with Gasteiger partial charge in [0.25, 0.3) is 5.91 Å². The van der Waals surface area contributed by atoms with E-state index in [9.17, 15) is 9.59 Å². The minimum absolute atomic E-state index is 0.0484. The van der Waals surface area contributed by atoms with Crippen LogP contribution in [0.5, 0.6) is 11.5 Å². The monoisotopic (exact) mass is 419 g/mol. The molecule has 7 nitrogen and oxygen atoms in total. The number of anilines is 1. The Balaban J connectivity index is 1.85. The maximum atomic E-state index is 13.4. The van der Waals surface area contributed by atoms with Crippen LogP contribution in [0.25, 0.3) is 0 Å². The van der Waals surface area contributed by atoms with Crippen molar-refractivity contribution < 1.29 is 19.1 Å². The summed E-state index contributed by atoms with van der Waals surface area (Å²) in [6.07, 6.45) is 3.64. The van der Waals surface area contributed by atoms with Crippen molar-refractivity contribution >= 4 is 17.5 Å². The lowest BCUT2D eigenvalue weighted by atomic mass is 9.74. The van der Waals surface area contributed by atoms with Crippen molar-refractivity contribution in [1.29, 1.82) is 0 Å². The molecular formula is C24H25N3O4. The molecule has 0 spiro atoms. The molecule has 1 aromatic heterocycles. The molecule has 1 aromatic carbocycles. The van der Waals surface area contributed by atoms with Crippen molar-refractivity contribution in [2.75, 3.05) is 19.5 Å². The van der Waals surface area contributed by atoms with E-state index in [-0.39, 0.29) is 11.7 Å². The number of methoxy groups -OCH3 is 2. The van der Waals surface area contributed by atoms with Gasteiger partial charge < -0.3 is 20.1 Å². The van der Waals surface area contributed by atoms with Crippen LogP contribution in [0.4, 0.5) is 5.82 Å². The molecule has 2 aromatic rings. The Morgan fingerprint density at radius 1 is 1.16 bits per heavy atom. The molecule has 1 aliphatic carbocycles. The third-order valence-corrected chi connectivity index (χ3v) is 5.68. The molecule has 1 atom stereocenters. The van der Waals surface area contributed by atoms with E-state index < -0.39 is 5.92 Å². The summed E-state index contributed by atoms with van der Waals surface area (Å²) in [4.78, 5) is 30.6. The van der Waals surface area contributed by atoms with Crippen LogP contribution in [-0.2, 0) is 9.59 Å². The summed E-state index contributed by atoms with van der Waals surface area (Å²) in [5, 5.41) is 6.18. The number of amides is 1. The van der Waals surface area contributed by atoms with Crippen molar-refractivity contribution in [2.45, 2.75) is 32.1 Å². The molecule has 1 aliphatic heterocycles. The number of benzene rings is 1. The van der Waals surface area contributed by atoms with E-state index in [1.54, 1.807) is 44.7 Å². The fraction of sp³-hybridized carbons (Fsp3) is 0.292. The van der Waals surface area contributed by atoms with Crippen molar-refractivity contribution in [2.24, 2.45) is 0 Å². The molecule has 31 heavy (non-hydrogen) atoms. The van der Waals surface area contributed by atoms with E-state index in [4.69, 9.17) is 9.47 Å². The molecule has 2 aliphatic rings. The smallest absolute Gasteiger partial charge is 0.255 e. The largest absolute Gasteiger partial charge is 0.497 e. The fourth-order valence-electron chi connectivity index (χ4n) is 4.27. The molecule has 0 radical (unpaired) electrons. The van der Waals surface area contributed by atoms with E-state index in [1.807, 2.05) is 19.1 Å². The summed E-state index contributed by atoms with van der Waals surface area (Å²) in [6.45, 7) is 1.86. The van der Waals surface area contributed by atoms with Gasteiger partial charge in [-0.15, -0.1) is 0 Å². The Bertz CT molecular complexity index is 1090. The van der Waals surface area contributed by atoms with Gasteiger partial charge >= 0.3 is 0 Å². The minimum atomic E-state index is -0.548. The standard InChI is InChI=1S/C24H25N3O4/c1-14-21(24(29)27-20-9-4-5-12-25-20)22(23-17(26-14)7-6-8-18(23)28)16-11-10-15(30-2)13-19(16)31-3/h4-5,9-13,22,26H,6-8H2,1-3H3,(H,25,27,29)/t22-/m1/s1. The summed E-state index contributed by atoms with van der Waals surface area (Å²) in [7, 11) is 3.15. The molecule has 0 saturated carbocycles. The lowest BCUT2D eigenvalue weighted by molar-refractivity contribution is -0.116. The van der Waals surface area contributed by atoms with Gasteiger partial charge in [-0.1, -0.05) is 12.1 Å². The van der Waals surface area contributed by atoms with Crippen LogP contribution in [0.1, 0.15) is 37.7 Å². The van der Waals surface area contributed by atoms with Crippen molar-refractivity contribution in [3.05, 3.63) is 70.7 Å². The van der Waals surface area contributed by atoms with Gasteiger partial charge in [0, 0.05) is 46.8 Å². The van der Waals surface area contributed by atoms with Crippen LogP contribution in [0, 0.1) is 0 Å². The fourth-order valence-corrected chi connectivity index (χ4v) is 4.27. The zero-order valence-corrected chi connectivity index (χ0v) is 17.8. The zero-order chi connectivity index (χ0) is 22.0. The molecule has 0 unspecified atom stereocenters. The van der Waals surface area contributed by atoms with E-state index in [0.29, 0.717) is 40.6 Å².